The van der Waals surface area contributed by atoms with E-state index in [0.29, 0.717) is 11.3 Å². The number of likely N-dealkylation sites (tertiary alicyclic amines) is 2. The highest BCUT2D eigenvalue weighted by Gasteiger charge is 2.46. The van der Waals surface area contributed by atoms with Crippen LogP contribution in [0.1, 0.15) is 24.0 Å². The van der Waals surface area contributed by atoms with Gasteiger partial charge in [0.1, 0.15) is 5.75 Å². The van der Waals surface area contributed by atoms with Gasteiger partial charge in [0.15, 0.2) is 0 Å². The van der Waals surface area contributed by atoms with Gasteiger partial charge in [0.2, 0.25) is 0 Å². The fourth-order valence-corrected chi connectivity index (χ4v) is 5.34. The molecule has 158 valence electrons. The molecular weight excluding hydrogens is 364 g/mol. The smallest absolute Gasteiger partial charge is 0.123 e. The van der Waals surface area contributed by atoms with E-state index in [0.717, 1.165) is 38.5 Å². The molecular formula is C23H34N4O2. The normalized spacial score (nSPS) is 22.4. The summed E-state index contributed by atoms with van der Waals surface area (Å²) in [7, 11) is 5.83. The van der Waals surface area contributed by atoms with Crippen LogP contribution in [0.5, 0.6) is 5.75 Å². The third-order valence-corrected chi connectivity index (χ3v) is 6.87. The molecule has 2 aliphatic rings. The van der Waals surface area contributed by atoms with E-state index in [1.807, 2.05) is 25.8 Å². The fraction of sp³-hybridized carbons (Fsp3) is 0.609. The zero-order chi connectivity index (χ0) is 20.3. The quantitative estimate of drug-likeness (QED) is 0.717. The maximum Gasteiger partial charge on any atom is 0.123 e. The van der Waals surface area contributed by atoms with Crippen LogP contribution < -0.4 is 4.74 Å². The Labute approximate surface area is 174 Å². The minimum Gasteiger partial charge on any atom is -0.496 e. The molecule has 0 radical (unpaired) electrons. The molecule has 6 nitrogen and oxygen atoms in total. The van der Waals surface area contributed by atoms with E-state index in [2.05, 4.69) is 44.6 Å². The Morgan fingerprint density at radius 2 is 2.00 bits per heavy atom. The average Bonchev–Trinajstić information content (AvgIpc) is 3.32. The number of ether oxygens (including phenoxy) is 2. The van der Waals surface area contributed by atoms with E-state index < -0.39 is 0 Å². The topological polar surface area (TPSA) is 42.8 Å². The first-order valence-corrected chi connectivity index (χ1v) is 10.6. The molecule has 1 aromatic carbocycles. The van der Waals surface area contributed by atoms with Crippen molar-refractivity contribution in [2.75, 3.05) is 54.1 Å². The maximum atomic E-state index is 5.58. The minimum absolute atomic E-state index is 0.438. The fourth-order valence-electron chi connectivity index (χ4n) is 5.34. The van der Waals surface area contributed by atoms with Gasteiger partial charge in [0.05, 0.1) is 26.6 Å². The van der Waals surface area contributed by atoms with E-state index in [4.69, 9.17) is 9.47 Å². The number of imidazole rings is 1. The molecule has 2 aliphatic heterocycles. The van der Waals surface area contributed by atoms with Crippen LogP contribution in [-0.2, 0) is 17.8 Å². The first-order valence-electron chi connectivity index (χ1n) is 10.6. The number of hydrogen-bond donors (Lipinski definition) is 0. The summed E-state index contributed by atoms with van der Waals surface area (Å²) in [4.78, 5) is 9.25. The predicted molar refractivity (Wildman–Crippen MR) is 114 cm³/mol. The molecule has 1 spiro atoms. The Morgan fingerprint density at radius 3 is 2.69 bits per heavy atom. The number of hydrogen-bond acceptors (Lipinski definition) is 5. The SMILES string of the molecule is COCC1CN(C)CC12CCN(Cc1ccc(OC)c(Cn3ccnc3)c1)CC2. The second-order valence-electron chi connectivity index (χ2n) is 8.87. The van der Waals surface area contributed by atoms with Crippen molar-refractivity contribution in [3.05, 3.63) is 48.0 Å². The lowest BCUT2D eigenvalue weighted by Gasteiger charge is -2.42. The Hall–Kier alpha value is -1.89. The zero-order valence-corrected chi connectivity index (χ0v) is 18.0. The maximum absolute atomic E-state index is 5.58. The third kappa shape index (κ3) is 4.49. The largest absolute Gasteiger partial charge is 0.496 e. The second kappa shape index (κ2) is 8.86. The van der Waals surface area contributed by atoms with Crippen LogP contribution in [-0.4, -0.2) is 73.4 Å². The molecule has 0 aliphatic carbocycles. The molecule has 0 N–H and O–H groups in total. The molecule has 29 heavy (non-hydrogen) atoms. The molecule has 3 heterocycles. The van der Waals surface area contributed by atoms with Gasteiger partial charge in [-0.2, -0.15) is 0 Å². The molecule has 0 bridgehead atoms. The standard InChI is InChI=1S/C23H34N4O2/c1-25-15-21(16-28-2)23(17-25)6-9-26(10-7-23)13-19-4-5-22(29-3)20(12-19)14-27-11-8-24-18-27/h4-5,8,11-12,18,21H,6-7,9-10,13-17H2,1-3H3. The molecule has 2 saturated heterocycles. The van der Waals surface area contributed by atoms with Crippen molar-refractivity contribution in [1.82, 2.24) is 19.4 Å². The van der Waals surface area contributed by atoms with E-state index in [1.165, 1.54) is 37.1 Å². The van der Waals surface area contributed by atoms with Crippen LogP contribution in [0.3, 0.4) is 0 Å². The first-order chi connectivity index (χ1) is 14.1. The average molecular weight is 399 g/mol. The van der Waals surface area contributed by atoms with Crippen LogP contribution in [0.15, 0.2) is 36.9 Å². The lowest BCUT2D eigenvalue weighted by molar-refractivity contribution is 0.0354. The second-order valence-corrected chi connectivity index (χ2v) is 8.87. The van der Waals surface area contributed by atoms with Gasteiger partial charge >= 0.3 is 0 Å². The first kappa shape index (κ1) is 20.4. The van der Waals surface area contributed by atoms with Crippen molar-refractivity contribution in [3.63, 3.8) is 0 Å². The van der Waals surface area contributed by atoms with Gasteiger partial charge < -0.3 is 18.9 Å². The van der Waals surface area contributed by atoms with Gasteiger partial charge in [-0.05, 0) is 56.1 Å². The summed E-state index contributed by atoms with van der Waals surface area (Å²) in [5, 5.41) is 0. The van der Waals surface area contributed by atoms with Crippen molar-refractivity contribution >= 4 is 0 Å². The molecule has 4 rings (SSSR count). The molecule has 1 unspecified atom stereocenters. The Kier molecular flexibility index (Phi) is 6.23. The van der Waals surface area contributed by atoms with E-state index in [1.54, 1.807) is 7.11 Å². The molecule has 0 amide bonds. The lowest BCUT2D eigenvalue weighted by atomic mass is 9.71. The number of aromatic nitrogens is 2. The van der Waals surface area contributed by atoms with Crippen LogP contribution >= 0.6 is 0 Å². The summed E-state index contributed by atoms with van der Waals surface area (Å²) in [5.74, 6) is 1.61. The molecule has 2 aromatic rings. The number of piperidine rings is 1. The number of benzene rings is 1. The van der Waals surface area contributed by atoms with Crippen LogP contribution in [0.25, 0.3) is 0 Å². The third-order valence-electron chi connectivity index (χ3n) is 6.87. The summed E-state index contributed by atoms with van der Waals surface area (Å²) < 4.78 is 13.2. The van der Waals surface area contributed by atoms with Crippen molar-refractivity contribution < 1.29 is 9.47 Å². The number of methoxy groups -OCH3 is 2. The molecule has 1 atom stereocenters. The van der Waals surface area contributed by atoms with Gasteiger partial charge in [-0.3, -0.25) is 4.90 Å². The van der Waals surface area contributed by atoms with E-state index in [-0.39, 0.29) is 0 Å². The highest BCUT2D eigenvalue weighted by molar-refractivity contribution is 5.37. The minimum atomic E-state index is 0.438. The van der Waals surface area contributed by atoms with Crippen LogP contribution in [0, 0.1) is 11.3 Å². The Morgan fingerprint density at radius 1 is 1.17 bits per heavy atom. The summed E-state index contributed by atoms with van der Waals surface area (Å²) in [5.41, 5.74) is 3.00. The zero-order valence-electron chi connectivity index (χ0n) is 18.0. The van der Waals surface area contributed by atoms with Gasteiger partial charge in [0.25, 0.3) is 0 Å². The highest BCUT2D eigenvalue weighted by Crippen LogP contribution is 2.44. The van der Waals surface area contributed by atoms with Gasteiger partial charge in [-0.1, -0.05) is 6.07 Å². The van der Waals surface area contributed by atoms with E-state index >= 15 is 0 Å². The van der Waals surface area contributed by atoms with Crippen molar-refractivity contribution in [2.45, 2.75) is 25.9 Å². The number of nitrogens with zero attached hydrogens (tertiary/aromatic N) is 4. The Bertz CT molecular complexity index is 784. The van der Waals surface area contributed by atoms with Crippen molar-refractivity contribution in [1.29, 1.82) is 0 Å². The Balaban J connectivity index is 1.40. The van der Waals surface area contributed by atoms with Gasteiger partial charge in [-0.25, -0.2) is 4.98 Å². The van der Waals surface area contributed by atoms with Crippen molar-refractivity contribution in [2.24, 2.45) is 11.3 Å². The molecule has 1 aromatic heterocycles. The monoisotopic (exact) mass is 398 g/mol. The molecule has 2 fully saturated rings. The van der Waals surface area contributed by atoms with Gasteiger partial charge in [-0.15, -0.1) is 0 Å². The van der Waals surface area contributed by atoms with Crippen LogP contribution in [0.2, 0.25) is 0 Å². The van der Waals surface area contributed by atoms with Crippen LogP contribution in [0.4, 0.5) is 0 Å². The number of rotatable bonds is 7. The van der Waals surface area contributed by atoms with Gasteiger partial charge in [0, 0.05) is 50.6 Å². The summed E-state index contributed by atoms with van der Waals surface area (Å²) in [6, 6.07) is 6.60. The van der Waals surface area contributed by atoms with Crippen molar-refractivity contribution in [3.8, 4) is 5.75 Å². The summed E-state index contributed by atoms with van der Waals surface area (Å²) in [6.45, 7) is 7.39. The lowest BCUT2D eigenvalue weighted by Crippen LogP contribution is -2.44. The summed E-state index contributed by atoms with van der Waals surface area (Å²) in [6.07, 6.45) is 8.19. The predicted octanol–water partition coefficient (Wildman–Crippen LogP) is 2.73. The summed E-state index contributed by atoms with van der Waals surface area (Å²) >= 11 is 0. The molecule has 6 heteroatoms. The van der Waals surface area contributed by atoms with E-state index in [9.17, 15) is 0 Å². The highest BCUT2D eigenvalue weighted by atomic mass is 16.5. The molecule has 0 saturated carbocycles.